The molecule has 0 aliphatic rings. The Kier molecular flexibility index (Phi) is 5.34. The largest absolute Gasteiger partial charge is 0.352 e. The van der Waals surface area contributed by atoms with Crippen LogP contribution in [0.1, 0.15) is 39.7 Å². The highest BCUT2D eigenvalue weighted by Crippen LogP contribution is 2.05. The van der Waals surface area contributed by atoms with Crippen LogP contribution in [0, 0.1) is 0 Å². The van der Waals surface area contributed by atoms with E-state index in [1.807, 2.05) is 6.92 Å². The minimum atomic E-state index is -0.596. The van der Waals surface area contributed by atoms with Crippen molar-refractivity contribution in [1.29, 1.82) is 0 Å². The molecule has 0 aliphatic heterocycles. The van der Waals surface area contributed by atoms with Crippen LogP contribution in [0.15, 0.2) is 17.2 Å². The van der Waals surface area contributed by atoms with Crippen LogP contribution >= 0.6 is 11.6 Å². The molecule has 0 fully saturated rings. The fourth-order valence-electron chi connectivity index (χ4n) is 1.67. The van der Waals surface area contributed by atoms with E-state index >= 15 is 0 Å². The highest BCUT2D eigenvalue weighted by Gasteiger charge is 2.17. The summed E-state index contributed by atoms with van der Waals surface area (Å²) in [5.41, 5.74) is -0.333. The van der Waals surface area contributed by atoms with Gasteiger partial charge in [0.25, 0.3) is 5.56 Å². The Morgan fingerprint density at radius 1 is 1.56 bits per heavy atom. The lowest BCUT2D eigenvalue weighted by molar-refractivity contribution is -0.124. The SMILES string of the molecule is CCCC(C)NC(=O)C(C)n1cnc(Cl)cc1=O. The molecule has 1 heterocycles. The van der Waals surface area contributed by atoms with Crippen LogP contribution in [0.3, 0.4) is 0 Å². The van der Waals surface area contributed by atoms with Gasteiger partial charge in [-0.25, -0.2) is 4.98 Å². The maximum Gasteiger partial charge on any atom is 0.255 e. The predicted molar refractivity (Wildman–Crippen MR) is 70.7 cm³/mol. The zero-order valence-corrected chi connectivity index (χ0v) is 11.6. The van der Waals surface area contributed by atoms with Gasteiger partial charge in [0.1, 0.15) is 11.2 Å². The summed E-state index contributed by atoms with van der Waals surface area (Å²) in [6.07, 6.45) is 3.20. The minimum absolute atomic E-state index is 0.0981. The number of halogens is 1. The number of amides is 1. The van der Waals surface area contributed by atoms with E-state index < -0.39 is 6.04 Å². The van der Waals surface area contributed by atoms with Gasteiger partial charge in [0.05, 0.1) is 6.33 Å². The lowest BCUT2D eigenvalue weighted by Gasteiger charge is -2.18. The lowest BCUT2D eigenvalue weighted by atomic mass is 10.2. The Bertz CT molecular complexity index is 473. The monoisotopic (exact) mass is 271 g/mol. The molecule has 2 unspecified atom stereocenters. The topological polar surface area (TPSA) is 64.0 Å². The van der Waals surface area contributed by atoms with E-state index in [0.717, 1.165) is 12.8 Å². The van der Waals surface area contributed by atoms with Crippen LogP contribution in [0.25, 0.3) is 0 Å². The second kappa shape index (κ2) is 6.54. The highest BCUT2D eigenvalue weighted by molar-refractivity contribution is 6.29. The molecule has 2 atom stereocenters. The Hall–Kier alpha value is -1.36. The molecule has 0 saturated heterocycles. The summed E-state index contributed by atoms with van der Waals surface area (Å²) in [6, 6.07) is 0.698. The molecule has 1 amide bonds. The molecule has 5 nitrogen and oxygen atoms in total. The first-order chi connectivity index (χ1) is 8.45. The average molecular weight is 272 g/mol. The number of aromatic nitrogens is 2. The van der Waals surface area contributed by atoms with Crippen LogP contribution in [0.2, 0.25) is 5.15 Å². The maximum absolute atomic E-state index is 11.9. The van der Waals surface area contributed by atoms with E-state index in [-0.39, 0.29) is 22.7 Å². The Balaban J connectivity index is 2.77. The molecule has 0 aromatic carbocycles. The van der Waals surface area contributed by atoms with Gasteiger partial charge in [0, 0.05) is 12.1 Å². The van der Waals surface area contributed by atoms with E-state index in [2.05, 4.69) is 17.2 Å². The van der Waals surface area contributed by atoms with Crippen molar-refractivity contribution in [1.82, 2.24) is 14.9 Å². The molecule has 0 spiro atoms. The van der Waals surface area contributed by atoms with Crippen LogP contribution < -0.4 is 10.9 Å². The van der Waals surface area contributed by atoms with Crippen molar-refractivity contribution in [2.45, 2.75) is 45.7 Å². The van der Waals surface area contributed by atoms with E-state index in [1.165, 1.54) is 17.0 Å². The smallest absolute Gasteiger partial charge is 0.255 e. The predicted octanol–water partition coefficient (Wildman–Crippen LogP) is 1.76. The maximum atomic E-state index is 11.9. The van der Waals surface area contributed by atoms with E-state index in [1.54, 1.807) is 6.92 Å². The molecule has 1 aromatic heterocycles. The highest BCUT2D eigenvalue weighted by atomic mass is 35.5. The molecule has 6 heteroatoms. The first-order valence-electron chi connectivity index (χ1n) is 5.99. The molecule has 100 valence electrons. The summed E-state index contributed by atoms with van der Waals surface area (Å²) in [7, 11) is 0. The Morgan fingerprint density at radius 3 is 2.78 bits per heavy atom. The van der Waals surface area contributed by atoms with E-state index in [0.29, 0.717) is 0 Å². The second-order valence-corrected chi connectivity index (χ2v) is 4.72. The van der Waals surface area contributed by atoms with Crippen LogP contribution in [0.5, 0.6) is 0 Å². The van der Waals surface area contributed by atoms with Gasteiger partial charge >= 0.3 is 0 Å². The summed E-state index contributed by atoms with van der Waals surface area (Å²) in [6.45, 7) is 5.65. The van der Waals surface area contributed by atoms with Crippen LogP contribution in [0.4, 0.5) is 0 Å². The molecule has 1 N–H and O–H groups in total. The molecular weight excluding hydrogens is 254 g/mol. The zero-order valence-electron chi connectivity index (χ0n) is 10.8. The average Bonchev–Trinajstić information content (AvgIpc) is 2.28. The van der Waals surface area contributed by atoms with Gasteiger partial charge in [-0.1, -0.05) is 24.9 Å². The van der Waals surface area contributed by atoms with Gasteiger partial charge in [-0.2, -0.15) is 0 Å². The summed E-state index contributed by atoms with van der Waals surface area (Å²) in [4.78, 5) is 27.4. The van der Waals surface area contributed by atoms with Crippen molar-refractivity contribution in [3.63, 3.8) is 0 Å². The molecule has 0 saturated carbocycles. The first kappa shape index (κ1) is 14.7. The van der Waals surface area contributed by atoms with Gasteiger partial charge < -0.3 is 5.32 Å². The normalized spacial score (nSPS) is 14.0. The van der Waals surface area contributed by atoms with Crippen LogP contribution in [-0.4, -0.2) is 21.5 Å². The van der Waals surface area contributed by atoms with Crippen molar-refractivity contribution in [3.8, 4) is 0 Å². The summed E-state index contributed by atoms with van der Waals surface area (Å²) < 4.78 is 1.26. The fourth-order valence-corrected chi connectivity index (χ4v) is 1.81. The third-order valence-corrected chi connectivity index (χ3v) is 2.92. The van der Waals surface area contributed by atoms with Gasteiger partial charge in [0.15, 0.2) is 0 Å². The third kappa shape index (κ3) is 3.84. The fraction of sp³-hybridized carbons (Fsp3) is 0.583. The molecule has 1 aromatic rings. The second-order valence-electron chi connectivity index (χ2n) is 4.33. The summed E-state index contributed by atoms with van der Waals surface area (Å²) in [5.74, 6) is -0.192. The zero-order chi connectivity index (χ0) is 13.7. The van der Waals surface area contributed by atoms with Crippen LogP contribution in [-0.2, 0) is 4.79 Å². The molecule has 0 aliphatic carbocycles. The lowest BCUT2D eigenvalue weighted by Crippen LogP contribution is -2.39. The number of carbonyl (C=O) groups is 1. The molecule has 18 heavy (non-hydrogen) atoms. The number of nitrogens with zero attached hydrogens (tertiary/aromatic N) is 2. The number of nitrogens with one attached hydrogen (secondary N) is 1. The third-order valence-electron chi connectivity index (χ3n) is 2.71. The summed E-state index contributed by atoms with van der Waals surface area (Å²) >= 11 is 5.60. The van der Waals surface area contributed by atoms with Crippen molar-refractivity contribution in [3.05, 3.63) is 27.9 Å². The van der Waals surface area contributed by atoms with Crippen molar-refractivity contribution >= 4 is 17.5 Å². The Labute approximate surface area is 111 Å². The standard InChI is InChI=1S/C12H18ClN3O2/c1-4-5-8(2)15-12(18)9(3)16-7-14-10(13)6-11(16)17/h6-9H,4-5H2,1-3H3,(H,15,18). The van der Waals surface area contributed by atoms with Gasteiger partial charge in [-0.3, -0.25) is 14.2 Å². The minimum Gasteiger partial charge on any atom is -0.352 e. The van der Waals surface area contributed by atoms with Gasteiger partial charge in [-0.15, -0.1) is 0 Å². The molecular formula is C12H18ClN3O2. The first-order valence-corrected chi connectivity index (χ1v) is 6.37. The van der Waals surface area contributed by atoms with Gasteiger partial charge in [0.2, 0.25) is 5.91 Å². The number of hydrogen-bond acceptors (Lipinski definition) is 3. The van der Waals surface area contributed by atoms with Crippen molar-refractivity contribution in [2.75, 3.05) is 0 Å². The molecule has 0 radical (unpaired) electrons. The number of hydrogen-bond donors (Lipinski definition) is 1. The van der Waals surface area contributed by atoms with E-state index in [9.17, 15) is 9.59 Å². The quantitative estimate of drug-likeness (QED) is 0.830. The molecule has 0 bridgehead atoms. The summed E-state index contributed by atoms with van der Waals surface area (Å²) in [5, 5.41) is 2.99. The van der Waals surface area contributed by atoms with Gasteiger partial charge in [-0.05, 0) is 20.3 Å². The van der Waals surface area contributed by atoms with E-state index in [4.69, 9.17) is 11.6 Å². The number of rotatable bonds is 5. The number of carbonyl (C=O) groups excluding carboxylic acids is 1. The van der Waals surface area contributed by atoms with Crippen molar-refractivity contribution in [2.24, 2.45) is 0 Å². The molecule has 1 rings (SSSR count). The van der Waals surface area contributed by atoms with Crippen molar-refractivity contribution < 1.29 is 4.79 Å². The Morgan fingerprint density at radius 2 is 2.22 bits per heavy atom.